The monoisotopic (exact) mass is 350 g/mol. The van der Waals surface area contributed by atoms with Gasteiger partial charge in [-0.25, -0.2) is 4.79 Å². The Morgan fingerprint density at radius 2 is 2.29 bits per heavy atom. The molecule has 0 saturated carbocycles. The van der Waals surface area contributed by atoms with Gasteiger partial charge in [0.2, 0.25) is 0 Å². The van der Waals surface area contributed by atoms with Gasteiger partial charge in [0.15, 0.2) is 0 Å². The lowest BCUT2D eigenvalue weighted by Crippen LogP contribution is -1.99. The zero-order chi connectivity index (χ0) is 15.4. The SMILES string of the molecule is Cc1cc(Br)cc(/C=C/C(=O)O)c1OCc1cnn(C)c1. The number of aliphatic carboxylic acids is 1. The maximum absolute atomic E-state index is 10.7. The predicted molar refractivity (Wildman–Crippen MR) is 83.1 cm³/mol. The summed E-state index contributed by atoms with van der Waals surface area (Å²) >= 11 is 3.40. The number of carboxylic acid groups (broad SMARTS) is 1. The maximum Gasteiger partial charge on any atom is 0.328 e. The highest BCUT2D eigenvalue weighted by Crippen LogP contribution is 2.29. The van der Waals surface area contributed by atoms with Crippen molar-refractivity contribution in [2.45, 2.75) is 13.5 Å². The van der Waals surface area contributed by atoms with Gasteiger partial charge in [0.05, 0.1) is 6.20 Å². The molecule has 0 atom stereocenters. The number of aromatic nitrogens is 2. The first kappa shape index (κ1) is 15.3. The zero-order valence-corrected chi connectivity index (χ0v) is 13.3. The number of nitrogens with zero attached hydrogens (tertiary/aromatic N) is 2. The fourth-order valence-corrected chi connectivity index (χ4v) is 2.53. The van der Waals surface area contributed by atoms with Crippen molar-refractivity contribution in [1.82, 2.24) is 9.78 Å². The number of hydrogen-bond donors (Lipinski definition) is 1. The fourth-order valence-electron chi connectivity index (χ4n) is 1.94. The smallest absolute Gasteiger partial charge is 0.328 e. The molecule has 0 spiro atoms. The second-order valence-electron chi connectivity index (χ2n) is 4.62. The molecule has 21 heavy (non-hydrogen) atoms. The zero-order valence-electron chi connectivity index (χ0n) is 11.7. The predicted octanol–water partition coefficient (Wildman–Crippen LogP) is 3.17. The van der Waals surface area contributed by atoms with Gasteiger partial charge in [-0.05, 0) is 30.7 Å². The van der Waals surface area contributed by atoms with Gasteiger partial charge < -0.3 is 9.84 Å². The van der Waals surface area contributed by atoms with Crippen LogP contribution in [0, 0.1) is 6.92 Å². The number of hydrogen-bond acceptors (Lipinski definition) is 3. The van der Waals surface area contributed by atoms with Gasteiger partial charge in [-0.3, -0.25) is 4.68 Å². The van der Waals surface area contributed by atoms with Crippen LogP contribution in [-0.2, 0) is 18.4 Å². The molecular formula is C15H15BrN2O3. The Balaban J connectivity index is 2.26. The van der Waals surface area contributed by atoms with Crippen molar-refractivity contribution in [2.75, 3.05) is 0 Å². The van der Waals surface area contributed by atoms with Crippen LogP contribution in [0.2, 0.25) is 0 Å². The van der Waals surface area contributed by atoms with Crippen LogP contribution in [0.15, 0.2) is 35.1 Å². The highest BCUT2D eigenvalue weighted by atomic mass is 79.9. The Kier molecular flexibility index (Phi) is 4.80. The molecule has 1 aromatic heterocycles. The summed E-state index contributed by atoms with van der Waals surface area (Å²) in [4.78, 5) is 10.7. The van der Waals surface area contributed by atoms with Crippen molar-refractivity contribution in [3.05, 3.63) is 51.8 Å². The molecule has 0 saturated heterocycles. The van der Waals surface area contributed by atoms with Gasteiger partial charge in [-0.2, -0.15) is 5.10 Å². The highest BCUT2D eigenvalue weighted by Gasteiger charge is 2.08. The van der Waals surface area contributed by atoms with Crippen LogP contribution in [0.25, 0.3) is 6.08 Å². The minimum absolute atomic E-state index is 0.379. The van der Waals surface area contributed by atoms with E-state index in [1.807, 2.05) is 32.3 Å². The number of carboxylic acids is 1. The van der Waals surface area contributed by atoms with Crippen LogP contribution in [0.4, 0.5) is 0 Å². The quantitative estimate of drug-likeness (QED) is 0.841. The second kappa shape index (κ2) is 6.58. The summed E-state index contributed by atoms with van der Waals surface area (Å²) in [6.45, 7) is 2.30. The van der Waals surface area contributed by atoms with Gasteiger partial charge in [0, 0.05) is 34.9 Å². The molecule has 0 aliphatic rings. The molecule has 1 N–H and O–H groups in total. The highest BCUT2D eigenvalue weighted by molar-refractivity contribution is 9.10. The molecule has 0 aliphatic carbocycles. The number of halogens is 1. The molecule has 0 fully saturated rings. The third kappa shape index (κ3) is 4.19. The number of aryl methyl sites for hydroxylation is 2. The molecule has 0 aliphatic heterocycles. The van der Waals surface area contributed by atoms with Crippen molar-refractivity contribution in [3.8, 4) is 5.75 Å². The lowest BCUT2D eigenvalue weighted by Gasteiger charge is -2.12. The third-order valence-corrected chi connectivity index (χ3v) is 3.27. The topological polar surface area (TPSA) is 64.3 Å². The Morgan fingerprint density at radius 1 is 1.52 bits per heavy atom. The Bertz CT molecular complexity index is 692. The van der Waals surface area contributed by atoms with E-state index in [0.717, 1.165) is 21.7 Å². The molecule has 5 nitrogen and oxygen atoms in total. The molecule has 0 bridgehead atoms. The molecule has 6 heteroatoms. The van der Waals surface area contributed by atoms with Crippen molar-refractivity contribution in [2.24, 2.45) is 7.05 Å². The van der Waals surface area contributed by atoms with Crippen molar-refractivity contribution < 1.29 is 14.6 Å². The number of ether oxygens (including phenoxy) is 1. The fraction of sp³-hybridized carbons (Fsp3) is 0.200. The normalized spacial score (nSPS) is 11.0. The van der Waals surface area contributed by atoms with E-state index in [4.69, 9.17) is 9.84 Å². The molecule has 0 radical (unpaired) electrons. The molecule has 110 valence electrons. The summed E-state index contributed by atoms with van der Waals surface area (Å²) in [5, 5.41) is 12.8. The Labute approximate surface area is 131 Å². The minimum Gasteiger partial charge on any atom is -0.488 e. The first-order chi connectivity index (χ1) is 9.95. The summed E-state index contributed by atoms with van der Waals surface area (Å²) in [6, 6.07) is 3.75. The van der Waals surface area contributed by atoms with E-state index < -0.39 is 5.97 Å². The minimum atomic E-state index is -0.995. The molecule has 1 heterocycles. The Morgan fingerprint density at radius 3 is 2.90 bits per heavy atom. The van der Waals surface area contributed by atoms with Crippen LogP contribution in [0.3, 0.4) is 0 Å². The average Bonchev–Trinajstić information content (AvgIpc) is 2.80. The molecular weight excluding hydrogens is 336 g/mol. The lowest BCUT2D eigenvalue weighted by atomic mass is 10.1. The summed E-state index contributed by atoms with van der Waals surface area (Å²) in [5.41, 5.74) is 2.60. The standard InChI is InChI=1S/C15H15BrN2O3/c1-10-5-13(16)6-12(3-4-14(19)20)15(10)21-9-11-7-17-18(2)8-11/h3-8H,9H2,1-2H3,(H,19,20)/b4-3+. The van der Waals surface area contributed by atoms with Gasteiger partial charge >= 0.3 is 5.97 Å². The average molecular weight is 351 g/mol. The number of benzene rings is 1. The van der Waals surface area contributed by atoms with Crippen LogP contribution in [0.5, 0.6) is 5.75 Å². The summed E-state index contributed by atoms with van der Waals surface area (Å²) in [7, 11) is 1.84. The number of carbonyl (C=O) groups is 1. The largest absolute Gasteiger partial charge is 0.488 e. The van der Waals surface area contributed by atoms with Crippen molar-refractivity contribution in [1.29, 1.82) is 0 Å². The van der Waals surface area contributed by atoms with Gasteiger partial charge in [0.25, 0.3) is 0 Å². The van der Waals surface area contributed by atoms with E-state index in [2.05, 4.69) is 21.0 Å². The second-order valence-corrected chi connectivity index (χ2v) is 5.54. The molecule has 2 rings (SSSR count). The molecule has 2 aromatic rings. The van der Waals surface area contributed by atoms with E-state index in [1.165, 1.54) is 6.08 Å². The van der Waals surface area contributed by atoms with E-state index in [0.29, 0.717) is 17.9 Å². The van der Waals surface area contributed by atoms with Gasteiger partial charge in [-0.1, -0.05) is 15.9 Å². The Hall–Kier alpha value is -2.08. The van der Waals surface area contributed by atoms with Crippen molar-refractivity contribution >= 4 is 28.0 Å². The third-order valence-electron chi connectivity index (χ3n) is 2.82. The lowest BCUT2D eigenvalue weighted by molar-refractivity contribution is -0.131. The summed E-state index contributed by atoms with van der Waals surface area (Å²) in [5.74, 6) is -0.328. The van der Waals surface area contributed by atoms with E-state index in [1.54, 1.807) is 10.9 Å². The van der Waals surface area contributed by atoms with Crippen LogP contribution in [-0.4, -0.2) is 20.9 Å². The van der Waals surface area contributed by atoms with E-state index in [9.17, 15) is 4.79 Å². The number of rotatable bonds is 5. The van der Waals surface area contributed by atoms with E-state index in [-0.39, 0.29) is 0 Å². The van der Waals surface area contributed by atoms with E-state index >= 15 is 0 Å². The summed E-state index contributed by atoms with van der Waals surface area (Å²) in [6.07, 6.45) is 6.23. The molecule has 0 unspecified atom stereocenters. The first-order valence-corrected chi connectivity index (χ1v) is 7.06. The van der Waals surface area contributed by atoms with Crippen molar-refractivity contribution in [3.63, 3.8) is 0 Å². The van der Waals surface area contributed by atoms with Crippen LogP contribution >= 0.6 is 15.9 Å². The van der Waals surface area contributed by atoms with Gasteiger partial charge in [0.1, 0.15) is 12.4 Å². The van der Waals surface area contributed by atoms with Crippen LogP contribution < -0.4 is 4.74 Å². The van der Waals surface area contributed by atoms with Gasteiger partial charge in [-0.15, -0.1) is 0 Å². The maximum atomic E-state index is 10.7. The first-order valence-electron chi connectivity index (χ1n) is 6.27. The van der Waals surface area contributed by atoms with Crippen LogP contribution in [0.1, 0.15) is 16.7 Å². The molecule has 0 amide bonds. The molecule has 1 aromatic carbocycles. The summed E-state index contributed by atoms with van der Waals surface area (Å²) < 4.78 is 8.42.